The Morgan fingerprint density at radius 1 is 1.25 bits per heavy atom. The van der Waals surface area contributed by atoms with E-state index in [1.807, 2.05) is 69.3 Å². The summed E-state index contributed by atoms with van der Waals surface area (Å²) in [6.07, 6.45) is 13.1. The first kappa shape index (κ1) is 19.3. The summed E-state index contributed by atoms with van der Waals surface area (Å²) in [5, 5.41) is 3.15. The van der Waals surface area contributed by atoms with Crippen molar-refractivity contribution in [1.29, 1.82) is 0 Å². The Kier molecular flexibility index (Phi) is 8.76. The zero-order chi connectivity index (χ0) is 17.8. The third-order valence-electron chi connectivity index (χ3n) is 3.10. The monoisotopic (exact) mass is 325 g/mol. The Balaban J connectivity index is 0.00000139. The van der Waals surface area contributed by atoms with Crippen LogP contribution >= 0.6 is 0 Å². The zero-order valence-electron chi connectivity index (χ0n) is 14.9. The number of nitrogens with one attached hydrogen (secondary N) is 1. The molecule has 0 saturated carbocycles. The van der Waals surface area contributed by atoms with Gasteiger partial charge < -0.3 is 15.5 Å². The van der Waals surface area contributed by atoms with Crippen LogP contribution in [0.1, 0.15) is 44.9 Å². The summed E-state index contributed by atoms with van der Waals surface area (Å²) >= 11 is 0. The van der Waals surface area contributed by atoms with Gasteiger partial charge in [0.15, 0.2) is 0 Å². The van der Waals surface area contributed by atoms with Gasteiger partial charge in [0, 0.05) is 11.6 Å². The molecule has 24 heavy (non-hydrogen) atoms. The molecule has 128 valence electrons. The third kappa shape index (κ3) is 6.16. The molecule has 0 fully saturated rings. The van der Waals surface area contributed by atoms with Crippen LogP contribution in [-0.4, -0.2) is 4.98 Å². The minimum absolute atomic E-state index is 0.172. The molecule has 1 aromatic heterocycles. The van der Waals surface area contributed by atoms with Crippen molar-refractivity contribution >= 4 is 17.8 Å². The molecule has 0 saturated heterocycles. The largest absolute Gasteiger partial charge is 0.428 e. The van der Waals surface area contributed by atoms with E-state index < -0.39 is 0 Å². The highest BCUT2D eigenvalue weighted by Gasteiger charge is 2.09. The van der Waals surface area contributed by atoms with Gasteiger partial charge in [-0.05, 0) is 36.9 Å². The van der Waals surface area contributed by atoms with Crippen molar-refractivity contribution < 1.29 is 4.42 Å². The van der Waals surface area contributed by atoms with Gasteiger partial charge in [0.2, 0.25) is 0 Å². The first-order chi connectivity index (χ1) is 11.7. The molecule has 1 aromatic carbocycles. The first-order valence-corrected chi connectivity index (χ1v) is 8.23. The van der Waals surface area contributed by atoms with E-state index in [9.17, 15) is 0 Å². The van der Waals surface area contributed by atoms with Crippen molar-refractivity contribution in [3.8, 4) is 0 Å². The minimum Gasteiger partial charge on any atom is -0.428 e. The molecule has 0 spiro atoms. The average molecular weight is 325 g/mol. The highest BCUT2D eigenvalue weighted by atomic mass is 16.4. The van der Waals surface area contributed by atoms with E-state index in [0.29, 0.717) is 6.01 Å². The lowest BCUT2D eigenvalue weighted by atomic mass is 10.1. The molecule has 0 amide bonds. The fourth-order valence-electron chi connectivity index (χ4n) is 1.95. The molecule has 1 atom stereocenters. The first-order valence-electron chi connectivity index (χ1n) is 8.23. The highest BCUT2D eigenvalue weighted by Crippen LogP contribution is 2.23. The number of benzene rings is 1. The summed E-state index contributed by atoms with van der Waals surface area (Å²) in [7, 11) is 0. The zero-order valence-corrected chi connectivity index (χ0v) is 14.9. The Bertz CT molecular complexity index is 684. The summed E-state index contributed by atoms with van der Waals surface area (Å²) in [5.41, 5.74) is 7.33. The maximum absolute atomic E-state index is 5.74. The standard InChI is InChI=1S/C18H21N3O.C2H6/c1-3-4-5-7-14(2)17-13-20-18(22-17)21-16-9-6-8-15(12-16)10-11-19;1-2/h3-14H,19H2,1-2H3,(H,20,21);1-2H3/b4-3-,7-5-,11-10-;. The highest BCUT2D eigenvalue weighted by molar-refractivity contribution is 5.60. The number of nitrogens with two attached hydrogens (primary N) is 1. The van der Waals surface area contributed by atoms with Crippen LogP contribution in [0.4, 0.5) is 11.7 Å². The molecule has 0 aliphatic carbocycles. The number of aromatic nitrogens is 1. The van der Waals surface area contributed by atoms with Gasteiger partial charge in [0.05, 0.1) is 6.20 Å². The van der Waals surface area contributed by atoms with Crippen molar-refractivity contribution in [2.75, 3.05) is 5.32 Å². The quantitative estimate of drug-likeness (QED) is 0.678. The van der Waals surface area contributed by atoms with Gasteiger partial charge >= 0.3 is 0 Å². The van der Waals surface area contributed by atoms with Gasteiger partial charge in [0.1, 0.15) is 5.76 Å². The van der Waals surface area contributed by atoms with E-state index in [1.165, 1.54) is 6.20 Å². The predicted octanol–water partition coefficient (Wildman–Crippen LogP) is 5.61. The summed E-state index contributed by atoms with van der Waals surface area (Å²) < 4.78 is 5.74. The maximum Gasteiger partial charge on any atom is 0.299 e. The number of anilines is 2. The van der Waals surface area contributed by atoms with Gasteiger partial charge in [-0.1, -0.05) is 57.2 Å². The van der Waals surface area contributed by atoms with Crippen LogP contribution in [0.5, 0.6) is 0 Å². The Morgan fingerprint density at radius 2 is 2.04 bits per heavy atom. The van der Waals surface area contributed by atoms with Crippen LogP contribution in [0.2, 0.25) is 0 Å². The minimum atomic E-state index is 0.172. The second-order valence-electron chi connectivity index (χ2n) is 4.88. The van der Waals surface area contributed by atoms with Crippen LogP contribution in [0.15, 0.2) is 65.4 Å². The molecule has 3 N–H and O–H groups in total. The fourth-order valence-corrected chi connectivity index (χ4v) is 1.95. The van der Waals surface area contributed by atoms with E-state index >= 15 is 0 Å². The second kappa shape index (κ2) is 10.9. The number of hydrogen-bond donors (Lipinski definition) is 2. The molecule has 1 unspecified atom stereocenters. The lowest BCUT2D eigenvalue weighted by Gasteiger charge is -2.03. The number of rotatable bonds is 6. The molecular formula is C20H27N3O. The van der Waals surface area contributed by atoms with E-state index in [-0.39, 0.29) is 5.92 Å². The molecule has 2 aromatic rings. The van der Waals surface area contributed by atoms with Crippen LogP contribution in [0.3, 0.4) is 0 Å². The van der Waals surface area contributed by atoms with Crippen LogP contribution < -0.4 is 11.1 Å². The van der Waals surface area contributed by atoms with Gasteiger partial charge in [-0.3, -0.25) is 0 Å². The van der Waals surface area contributed by atoms with Gasteiger partial charge in [-0.2, -0.15) is 0 Å². The van der Waals surface area contributed by atoms with E-state index in [4.69, 9.17) is 10.2 Å². The number of oxazole rings is 1. The SMILES string of the molecule is C/C=C\C=C/C(C)c1cnc(Nc2cccc(/C=C\N)c2)o1.CC. The second-order valence-corrected chi connectivity index (χ2v) is 4.88. The van der Waals surface area contributed by atoms with Crippen LogP contribution in [-0.2, 0) is 0 Å². The fraction of sp³-hybridized carbons (Fsp3) is 0.250. The van der Waals surface area contributed by atoms with Crippen molar-refractivity contribution in [2.24, 2.45) is 5.73 Å². The van der Waals surface area contributed by atoms with E-state index in [2.05, 4.69) is 23.3 Å². The Morgan fingerprint density at radius 3 is 2.75 bits per heavy atom. The molecule has 0 aliphatic heterocycles. The van der Waals surface area contributed by atoms with Crippen molar-refractivity contribution in [2.45, 2.75) is 33.6 Å². The Labute approximate surface area is 144 Å². The van der Waals surface area contributed by atoms with Gasteiger partial charge in [0.25, 0.3) is 6.01 Å². The molecule has 1 heterocycles. The Hall–Kier alpha value is -2.75. The van der Waals surface area contributed by atoms with Crippen LogP contribution in [0, 0.1) is 0 Å². The molecule has 4 nitrogen and oxygen atoms in total. The molecule has 2 rings (SSSR count). The van der Waals surface area contributed by atoms with Crippen LogP contribution in [0.25, 0.3) is 6.08 Å². The molecule has 0 bridgehead atoms. The molecule has 0 aliphatic rings. The van der Waals surface area contributed by atoms with E-state index in [1.54, 1.807) is 6.20 Å². The summed E-state index contributed by atoms with van der Waals surface area (Å²) in [4.78, 5) is 4.26. The van der Waals surface area contributed by atoms with Crippen molar-refractivity contribution in [3.05, 3.63) is 72.3 Å². The lowest BCUT2D eigenvalue weighted by Crippen LogP contribution is -1.90. The van der Waals surface area contributed by atoms with Gasteiger partial charge in [-0.15, -0.1) is 0 Å². The smallest absolute Gasteiger partial charge is 0.299 e. The number of allylic oxidation sites excluding steroid dienone is 4. The lowest BCUT2D eigenvalue weighted by molar-refractivity contribution is 0.511. The summed E-state index contributed by atoms with van der Waals surface area (Å²) in [6, 6.07) is 8.33. The predicted molar refractivity (Wildman–Crippen MR) is 103 cm³/mol. The molecule has 4 heteroatoms. The molecular weight excluding hydrogens is 298 g/mol. The third-order valence-corrected chi connectivity index (χ3v) is 3.10. The average Bonchev–Trinajstić information content (AvgIpc) is 3.06. The number of nitrogens with zero attached hydrogens (tertiary/aromatic N) is 1. The topological polar surface area (TPSA) is 64.1 Å². The van der Waals surface area contributed by atoms with Crippen molar-refractivity contribution in [1.82, 2.24) is 4.98 Å². The van der Waals surface area contributed by atoms with Gasteiger partial charge in [-0.25, -0.2) is 4.98 Å². The molecule has 0 radical (unpaired) electrons. The maximum atomic E-state index is 5.74. The number of hydrogen-bond acceptors (Lipinski definition) is 4. The normalized spacial score (nSPS) is 12.5. The van der Waals surface area contributed by atoms with E-state index in [0.717, 1.165) is 17.0 Å². The van der Waals surface area contributed by atoms with Crippen molar-refractivity contribution in [3.63, 3.8) is 0 Å². The summed E-state index contributed by atoms with van der Waals surface area (Å²) in [6.45, 7) is 8.05. The summed E-state index contributed by atoms with van der Waals surface area (Å²) in [5.74, 6) is 0.993.